The molecule has 8 heteroatoms. The number of rotatable bonds is 3. The third kappa shape index (κ3) is 2.28. The van der Waals surface area contributed by atoms with Crippen molar-refractivity contribution < 1.29 is 4.79 Å². The molecule has 0 fully saturated rings. The van der Waals surface area contributed by atoms with Crippen molar-refractivity contribution in [1.29, 1.82) is 0 Å². The van der Waals surface area contributed by atoms with Crippen molar-refractivity contribution in [1.82, 2.24) is 25.3 Å². The summed E-state index contributed by atoms with van der Waals surface area (Å²) >= 11 is 4.75. The van der Waals surface area contributed by atoms with Crippen molar-refractivity contribution in [3.8, 4) is 0 Å². The van der Waals surface area contributed by atoms with Crippen LogP contribution in [0.2, 0.25) is 0 Å². The average molecular weight is 340 g/mol. The number of carbonyl (C=O) groups is 1. The average Bonchev–Trinajstić information content (AvgIpc) is 3.08. The van der Waals surface area contributed by atoms with E-state index in [0.717, 1.165) is 20.4 Å². The van der Waals surface area contributed by atoms with E-state index in [0.29, 0.717) is 11.4 Å². The summed E-state index contributed by atoms with van der Waals surface area (Å²) in [7, 11) is 1.77. The predicted molar refractivity (Wildman–Crippen MR) is 76.1 cm³/mol. The summed E-state index contributed by atoms with van der Waals surface area (Å²) in [5.41, 5.74) is 0.971. The second-order valence-electron chi connectivity index (χ2n) is 4.13. The zero-order chi connectivity index (χ0) is 13.4. The largest absolute Gasteiger partial charge is 0.337 e. The van der Waals surface area contributed by atoms with Crippen LogP contribution in [0, 0.1) is 0 Å². The molecule has 0 aliphatic rings. The Bertz CT molecular complexity index is 717. The highest BCUT2D eigenvalue weighted by Gasteiger charge is 2.17. The van der Waals surface area contributed by atoms with Gasteiger partial charge >= 0.3 is 0 Å². The molecule has 19 heavy (non-hydrogen) atoms. The second kappa shape index (κ2) is 4.78. The number of aromatic nitrogens is 4. The summed E-state index contributed by atoms with van der Waals surface area (Å²) in [5.74, 6) is -0.0175. The van der Waals surface area contributed by atoms with E-state index >= 15 is 0 Å². The second-order valence-corrected chi connectivity index (χ2v) is 5.96. The number of fused-ring (bicyclic) bond motifs is 1. The Morgan fingerprint density at radius 2 is 2.42 bits per heavy atom. The summed E-state index contributed by atoms with van der Waals surface area (Å²) in [6.45, 7) is 0.526. The number of halogens is 1. The van der Waals surface area contributed by atoms with Gasteiger partial charge in [-0.1, -0.05) is 0 Å². The Morgan fingerprint density at radius 1 is 1.58 bits per heavy atom. The highest BCUT2D eigenvalue weighted by atomic mass is 79.9. The van der Waals surface area contributed by atoms with Crippen LogP contribution in [0.5, 0.6) is 0 Å². The van der Waals surface area contributed by atoms with Crippen LogP contribution in [0.15, 0.2) is 23.1 Å². The van der Waals surface area contributed by atoms with Crippen LogP contribution < -0.4 is 0 Å². The first-order chi connectivity index (χ1) is 9.15. The molecule has 0 unspecified atom stereocenters. The Kier molecular flexibility index (Phi) is 3.11. The van der Waals surface area contributed by atoms with Gasteiger partial charge in [0.05, 0.1) is 11.1 Å². The van der Waals surface area contributed by atoms with E-state index in [1.54, 1.807) is 24.3 Å². The maximum absolute atomic E-state index is 12.3. The normalized spacial score (nSPS) is 11.1. The fourth-order valence-corrected chi connectivity index (χ4v) is 3.30. The summed E-state index contributed by atoms with van der Waals surface area (Å²) in [5, 5.41) is 14.5. The molecule has 0 spiro atoms. The lowest BCUT2D eigenvalue weighted by atomic mass is 10.3. The zero-order valence-corrected chi connectivity index (χ0v) is 12.4. The zero-order valence-electron chi connectivity index (χ0n) is 9.98. The van der Waals surface area contributed by atoms with Gasteiger partial charge in [0.25, 0.3) is 5.91 Å². The fraction of sp³-hybridized carbons (Fsp3) is 0.182. The number of amides is 1. The van der Waals surface area contributed by atoms with Crippen molar-refractivity contribution in [2.24, 2.45) is 0 Å². The Morgan fingerprint density at radius 3 is 3.11 bits per heavy atom. The molecule has 0 saturated heterocycles. The molecule has 3 aromatic rings. The molecular formula is C11H10BrN5OS. The number of H-pyrrole nitrogens is 2. The highest BCUT2D eigenvalue weighted by molar-refractivity contribution is 9.10. The van der Waals surface area contributed by atoms with E-state index in [1.165, 1.54) is 11.3 Å². The van der Waals surface area contributed by atoms with E-state index < -0.39 is 0 Å². The number of aromatic amines is 2. The van der Waals surface area contributed by atoms with E-state index in [9.17, 15) is 4.79 Å². The van der Waals surface area contributed by atoms with Crippen molar-refractivity contribution in [3.63, 3.8) is 0 Å². The highest BCUT2D eigenvalue weighted by Crippen LogP contribution is 2.29. The minimum Gasteiger partial charge on any atom is -0.337 e. The van der Waals surface area contributed by atoms with Crippen LogP contribution in [-0.2, 0) is 6.54 Å². The van der Waals surface area contributed by atoms with Gasteiger partial charge in [0, 0.05) is 30.7 Å². The minimum absolute atomic E-state index is 0.0175. The number of nitrogens with zero attached hydrogens (tertiary/aromatic N) is 3. The quantitative estimate of drug-likeness (QED) is 0.768. The predicted octanol–water partition coefficient (Wildman–Crippen LogP) is 2.38. The van der Waals surface area contributed by atoms with Crippen LogP contribution in [0.1, 0.15) is 15.2 Å². The van der Waals surface area contributed by atoms with Crippen molar-refractivity contribution in [2.45, 2.75) is 6.54 Å². The molecule has 2 N–H and O–H groups in total. The fourth-order valence-electron chi connectivity index (χ4n) is 1.79. The molecule has 98 valence electrons. The van der Waals surface area contributed by atoms with Gasteiger partial charge in [0.15, 0.2) is 0 Å². The standard InChI is InChI=1S/C11H10BrN5OS/c1-17(5-6-3-13-14-4-6)11(18)8-2-7-9(12)15-16-10(7)19-8/h2-4H,5H2,1H3,(H,13,14)(H,15,16). The van der Waals surface area contributed by atoms with Crippen molar-refractivity contribution >= 4 is 43.4 Å². The molecule has 0 bridgehead atoms. The molecule has 3 rings (SSSR count). The Labute approximate surface area is 120 Å². The van der Waals surface area contributed by atoms with E-state index in [4.69, 9.17) is 0 Å². The summed E-state index contributed by atoms with van der Waals surface area (Å²) in [4.78, 5) is 15.5. The lowest BCUT2D eigenvalue weighted by Crippen LogP contribution is -2.25. The molecular weight excluding hydrogens is 330 g/mol. The van der Waals surface area contributed by atoms with Crippen LogP contribution in [0.25, 0.3) is 10.2 Å². The van der Waals surface area contributed by atoms with Gasteiger partial charge in [-0.3, -0.25) is 15.0 Å². The third-order valence-corrected chi connectivity index (χ3v) is 4.36. The molecule has 0 aliphatic heterocycles. The summed E-state index contributed by atoms with van der Waals surface area (Å²) in [6, 6.07) is 1.85. The summed E-state index contributed by atoms with van der Waals surface area (Å²) in [6.07, 6.45) is 3.49. The number of carbonyl (C=O) groups excluding carboxylic acids is 1. The lowest BCUT2D eigenvalue weighted by molar-refractivity contribution is 0.0790. The lowest BCUT2D eigenvalue weighted by Gasteiger charge is -2.14. The smallest absolute Gasteiger partial charge is 0.264 e. The van der Waals surface area contributed by atoms with Crippen LogP contribution in [0.3, 0.4) is 0 Å². The van der Waals surface area contributed by atoms with Crippen molar-refractivity contribution in [3.05, 3.63) is 33.5 Å². The number of nitrogens with one attached hydrogen (secondary N) is 2. The monoisotopic (exact) mass is 339 g/mol. The van der Waals surface area contributed by atoms with Gasteiger partial charge in [-0.15, -0.1) is 11.3 Å². The minimum atomic E-state index is -0.0175. The number of hydrogen-bond donors (Lipinski definition) is 2. The van der Waals surface area contributed by atoms with E-state index in [-0.39, 0.29) is 5.91 Å². The molecule has 3 aromatic heterocycles. The molecule has 0 aliphatic carbocycles. The van der Waals surface area contributed by atoms with Gasteiger partial charge in [-0.2, -0.15) is 10.2 Å². The van der Waals surface area contributed by atoms with E-state index in [1.807, 2.05) is 6.07 Å². The molecule has 6 nitrogen and oxygen atoms in total. The van der Waals surface area contributed by atoms with Gasteiger partial charge in [-0.05, 0) is 22.0 Å². The van der Waals surface area contributed by atoms with Gasteiger partial charge in [-0.25, -0.2) is 0 Å². The maximum Gasteiger partial charge on any atom is 0.264 e. The van der Waals surface area contributed by atoms with Crippen LogP contribution in [0.4, 0.5) is 0 Å². The Balaban J connectivity index is 1.82. The van der Waals surface area contributed by atoms with Crippen LogP contribution in [-0.4, -0.2) is 38.2 Å². The molecule has 0 saturated carbocycles. The molecule has 1 amide bonds. The topological polar surface area (TPSA) is 77.7 Å². The van der Waals surface area contributed by atoms with Crippen molar-refractivity contribution in [2.75, 3.05) is 7.05 Å². The van der Waals surface area contributed by atoms with Gasteiger partial charge in [0.1, 0.15) is 9.43 Å². The first-order valence-electron chi connectivity index (χ1n) is 5.51. The van der Waals surface area contributed by atoms with E-state index in [2.05, 4.69) is 36.3 Å². The first kappa shape index (κ1) is 12.4. The van der Waals surface area contributed by atoms with Gasteiger partial charge in [0.2, 0.25) is 0 Å². The third-order valence-electron chi connectivity index (χ3n) is 2.74. The molecule has 0 atom stereocenters. The summed E-state index contributed by atoms with van der Waals surface area (Å²) < 4.78 is 0.801. The Hall–Kier alpha value is -1.67. The number of hydrogen-bond acceptors (Lipinski definition) is 4. The molecule has 0 aromatic carbocycles. The number of thiophene rings is 1. The SMILES string of the molecule is CN(Cc1cn[nH]c1)C(=O)c1cc2c(Br)[nH]nc2s1. The van der Waals surface area contributed by atoms with Gasteiger partial charge < -0.3 is 4.90 Å². The van der Waals surface area contributed by atoms with Crippen LogP contribution >= 0.6 is 27.3 Å². The first-order valence-corrected chi connectivity index (χ1v) is 7.12. The maximum atomic E-state index is 12.3. The molecule has 0 radical (unpaired) electrons. The molecule has 3 heterocycles.